The third-order valence-electron chi connectivity index (χ3n) is 3.66. The lowest BCUT2D eigenvalue weighted by Crippen LogP contribution is -2.43. The molecule has 0 spiro atoms. The Morgan fingerprint density at radius 3 is 2.40 bits per heavy atom. The summed E-state index contributed by atoms with van der Waals surface area (Å²) in [6, 6.07) is 0.480. The molecule has 1 aliphatic carbocycles. The Balaban J connectivity index is 2.35. The quantitative estimate of drug-likeness (QED) is 0.768. The Labute approximate surface area is 93.2 Å². The van der Waals surface area contributed by atoms with Crippen molar-refractivity contribution in [3.63, 3.8) is 0 Å². The second-order valence-corrected chi connectivity index (χ2v) is 4.62. The summed E-state index contributed by atoms with van der Waals surface area (Å²) in [6.45, 7) is 2.73. The predicted molar refractivity (Wildman–Crippen MR) is 62.7 cm³/mol. The molecule has 3 heteroatoms. The van der Waals surface area contributed by atoms with E-state index in [1.807, 2.05) is 19.0 Å². The molecule has 1 amide bonds. The maximum atomic E-state index is 11.7. The van der Waals surface area contributed by atoms with Crippen molar-refractivity contribution in [1.29, 1.82) is 0 Å². The number of amides is 1. The molecule has 0 aromatic heterocycles. The molecule has 1 rings (SSSR count). The predicted octanol–water partition coefficient (Wildman–Crippen LogP) is 1.63. The third-order valence-corrected chi connectivity index (χ3v) is 3.66. The van der Waals surface area contributed by atoms with Gasteiger partial charge in [-0.05, 0) is 38.6 Å². The lowest BCUT2D eigenvalue weighted by molar-refractivity contribution is -0.131. The van der Waals surface area contributed by atoms with Gasteiger partial charge in [-0.15, -0.1) is 0 Å². The summed E-state index contributed by atoms with van der Waals surface area (Å²) >= 11 is 0. The minimum absolute atomic E-state index is 0.220. The van der Waals surface area contributed by atoms with E-state index in [0.29, 0.717) is 12.6 Å². The lowest BCUT2D eigenvalue weighted by atomic mass is 9.84. The fraction of sp³-hybridized carbons (Fsp3) is 0.917. The monoisotopic (exact) mass is 212 g/mol. The minimum Gasteiger partial charge on any atom is -0.342 e. The molecule has 1 aliphatic rings. The summed E-state index contributed by atoms with van der Waals surface area (Å²) in [5.74, 6) is 1.12. The van der Waals surface area contributed by atoms with Crippen molar-refractivity contribution >= 4 is 5.91 Å². The van der Waals surface area contributed by atoms with Crippen LogP contribution in [0, 0.1) is 5.92 Å². The normalized spacial score (nSPS) is 26.3. The van der Waals surface area contributed by atoms with Crippen LogP contribution < -0.4 is 5.32 Å². The van der Waals surface area contributed by atoms with Crippen molar-refractivity contribution in [2.24, 2.45) is 5.92 Å². The van der Waals surface area contributed by atoms with Gasteiger partial charge < -0.3 is 10.2 Å². The molecule has 3 nitrogen and oxygen atoms in total. The molecule has 0 aliphatic heterocycles. The Hall–Kier alpha value is -0.570. The second-order valence-electron chi connectivity index (χ2n) is 4.62. The van der Waals surface area contributed by atoms with E-state index in [0.717, 1.165) is 5.92 Å². The van der Waals surface area contributed by atoms with Crippen molar-refractivity contribution in [3.05, 3.63) is 0 Å². The van der Waals surface area contributed by atoms with Crippen LogP contribution in [0.2, 0.25) is 0 Å². The van der Waals surface area contributed by atoms with Gasteiger partial charge >= 0.3 is 0 Å². The van der Waals surface area contributed by atoms with E-state index >= 15 is 0 Å². The summed E-state index contributed by atoms with van der Waals surface area (Å²) < 4.78 is 0. The maximum absolute atomic E-state index is 11.7. The van der Waals surface area contributed by atoms with Crippen LogP contribution in [0.4, 0.5) is 0 Å². The van der Waals surface area contributed by atoms with Crippen molar-refractivity contribution < 1.29 is 4.79 Å². The summed E-state index contributed by atoms with van der Waals surface area (Å²) in [4.78, 5) is 13.6. The molecule has 1 N–H and O–H groups in total. The molecule has 88 valence electrons. The van der Waals surface area contributed by atoms with Crippen LogP contribution in [-0.2, 0) is 4.79 Å². The number of hydrogen-bond donors (Lipinski definition) is 1. The van der Waals surface area contributed by atoms with Crippen LogP contribution in [0.25, 0.3) is 0 Å². The molecular weight excluding hydrogens is 188 g/mol. The highest BCUT2D eigenvalue weighted by atomic mass is 16.2. The molecule has 15 heavy (non-hydrogen) atoms. The van der Waals surface area contributed by atoms with Gasteiger partial charge in [0.05, 0.1) is 6.54 Å². The third kappa shape index (κ3) is 3.49. The number of carbonyl (C=O) groups excluding carboxylic acids is 1. The fourth-order valence-electron chi connectivity index (χ4n) is 2.42. The Morgan fingerprint density at radius 2 is 1.93 bits per heavy atom. The summed E-state index contributed by atoms with van der Waals surface area (Å²) in [5.41, 5.74) is 0. The van der Waals surface area contributed by atoms with Crippen LogP contribution >= 0.6 is 0 Å². The summed E-state index contributed by atoms with van der Waals surface area (Å²) in [6.07, 6.45) is 6.24. The molecule has 0 atom stereocenters. The Morgan fingerprint density at radius 1 is 1.33 bits per heavy atom. The summed E-state index contributed by atoms with van der Waals surface area (Å²) in [7, 11) is 3.76. The van der Waals surface area contributed by atoms with E-state index in [1.165, 1.54) is 32.1 Å². The van der Waals surface area contributed by atoms with E-state index < -0.39 is 0 Å². The zero-order valence-electron chi connectivity index (χ0n) is 10.3. The molecule has 1 saturated carbocycles. The van der Waals surface area contributed by atoms with Gasteiger partial charge in [0.15, 0.2) is 0 Å². The van der Waals surface area contributed by atoms with Crippen LogP contribution in [0.15, 0.2) is 0 Å². The largest absolute Gasteiger partial charge is 0.342 e. The Bertz CT molecular complexity index is 198. The molecule has 1 fully saturated rings. The van der Waals surface area contributed by atoms with Gasteiger partial charge in [-0.3, -0.25) is 4.79 Å². The smallest absolute Gasteiger partial charge is 0.236 e. The topological polar surface area (TPSA) is 32.3 Å². The average Bonchev–Trinajstić information content (AvgIpc) is 2.28. The molecule has 0 aromatic rings. The lowest BCUT2D eigenvalue weighted by Gasteiger charge is -2.34. The van der Waals surface area contributed by atoms with Crippen molar-refractivity contribution in [2.45, 2.75) is 45.1 Å². The highest BCUT2D eigenvalue weighted by Gasteiger charge is 2.25. The van der Waals surface area contributed by atoms with Crippen molar-refractivity contribution in [1.82, 2.24) is 10.2 Å². The fourth-order valence-corrected chi connectivity index (χ4v) is 2.42. The van der Waals surface area contributed by atoms with Gasteiger partial charge in [-0.2, -0.15) is 0 Å². The highest BCUT2D eigenvalue weighted by molar-refractivity contribution is 5.78. The van der Waals surface area contributed by atoms with Gasteiger partial charge in [-0.1, -0.05) is 13.3 Å². The zero-order chi connectivity index (χ0) is 11.3. The van der Waals surface area contributed by atoms with Gasteiger partial charge in [0.2, 0.25) is 5.91 Å². The standard InChI is InChI=1S/C12H24N2O/c1-4-10-5-7-11(8-6-10)14(3)12(15)9-13-2/h10-11,13H,4-9H2,1-3H3. The van der Waals surface area contributed by atoms with Crippen molar-refractivity contribution in [2.75, 3.05) is 20.6 Å². The number of rotatable bonds is 4. The van der Waals surface area contributed by atoms with Gasteiger partial charge in [0.1, 0.15) is 0 Å². The molecule has 0 aromatic carbocycles. The molecule has 0 unspecified atom stereocenters. The molecule has 0 radical (unpaired) electrons. The first-order chi connectivity index (χ1) is 7.19. The highest BCUT2D eigenvalue weighted by Crippen LogP contribution is 2.28. The number of nitrogens with zero attached hydrogens (tertiary/aromatic N) is 1. The van der Waals surface area contributed by atoms with Crippen molar-refractivity contribution in [3.8, 4) is 0 Å². The van der Waals surface area contributed by atoms with Gasteiger partial charge in [-0.25, -0.2) is 0 Å². The minimum atomic E-state index is 0.220. The molecule has 0 heterocycles. The molecule has 0 saturated heterocycles. The molecule has 0 bridgehead atoms. The van der Waals surface area contributed by atoms with E-state index in [-0.39, 0.29) is 5.91 Å². The van der Waals surface area contributed by atoms with Crippen LogP contribution in [0.5, 0.6) is 0 Å². The number of likely N-dealkylation sites (N-methyl/N-ethyl adjacent to an activating group) is 2. The van der Waals surface area contributed by atoms with E-state index in [4.69, 9.17) is 0 Å². The summed E-state index contributed by atoms with van der Waals surface area (Å²) in [5, 5.41) is 2.92. The first-order valence-corrected chi connectivity index (χ1v) is 6.09. The first-order valence-electron chi connectivity index (χ1n) is 6.09. The number of carbonyl (C=O) groups is 1. The molecular formula is C12H24N2O. The Kier molecular flexibility index (Phi) is 5.09. The number of hydrogen-bond acceptors (Lipinski definition) is 2. The zero-order valence-corrected chi connectivity index (χ0v) is 10.3. The SMILES string of the molecule is CCC1CCC(N(C)C(=O)CNC)CC1. The van der Waals surface area contributed by atoms with Gasteiger partial charge in [0, 0.05) is 13.1 Å². The second kappa shape index (κ2) is 6.11. The van der Waals surface area contributed by atoms with Gasteiger partial charge in [0.25, 0.3) is 0 Å². The van der Waals surface area contributed by atoms with E-state index in [2.05, 4.69) is 12.2 Å². The van der Waals surface area contributed by atoms with Crippen LogP contribution in [-0.4, -0.2) is 37.5 Å². The maximum Gasteiger partial charge on any atom is 0.236 e. The van der Waals surface area contributed by atoms with E-state index in [9.17, 15) is 4.79 Å². The van der Waals surface area contributed by atoms with E-state index in [1.54, 1.807) is 0 Å². The average molecular weight is 212 g/mol. The van der Waals surface area contributed by atoms with Crippen LogP contribution in [0.3, 0.4) is 0 Å². The van der Waals surface area contributed by atoms with Crippen LogP contribution in [0.1, 0.15) is 39.0 Å². The number of nitrogens with one attached hydrogen (secondary N) is 1. The first kappa shape index (κ1) is 12.5.